The topological polar surface area (TPSA) is 29.3 Å². The fourth-order valence-corrected chi connectivity index (χ4v) is 2.45. The largest absolute Gasteiger partial charge is 0.389 e. The number of nitrogens with two attached hydrogens (primary N) is 1. The van der Waals surface area contributed by atoms with E-state index in [1.54, 1.807) is 12.1 Å². The van der Waals surface area contributed by atoms with E-state index in [0.717, 1.165) is 23.2 Å². The predicted molar refractivity (Wildman–Crippen MR) is 88.6 cm³/mol. The van der Waals surface area contributed by atoms with Crippen molar-refractivity contribution >= 4 is 17.2 Å². The normalized spacial score (nSPS) is 10.9. The van der Waals surface area contributed by atoms with Crippen LogP contribution in [0.15, 0.2) is 42.5 Å². The summed E-state index contributed by atoms with van der Waals surface area (Å²) in [7, 11) is 2.02. The molecule has 0 radical (unpaired) electrons. The van der Waals surface area contributed by atoms with Gasteiger partial charge in [0.1, 0.15) is 10.8 Å². The van der Waals surface area contributed by atoms with Gasteiger partial charge >= 0.3 is 0 Å². The lowest BCUT2D eigenvalue weighted by atomic mass is 10.0. The molecule has 2 aromatic rings. The molecule has 0 saturated carbocycles. The van der Waals surface area contributed by atoms with Gasteiger partial charge in [0, 0.05) is 18.7 Å². The molecule has 0 atom stereocenters. The van der Waals surface area contributed by atoms with Crippen molar-refractivity contribution in [3.63, 3.8) is 0 Å². The minimum Gasteiger partial charge on any atom is -0.389 e. The number of nitrogens with zero attached hydrogens (tertiary/aromatic N) is 1. The minimum absolute atomic E-state index is 0.196. The fraction of sp³-hybridized carbons (Fsp3) is 0.235. The summed E-state index contributed by atoms with van der Waals surface area (Å²) in [6.45, 7) is 3.54. The molecule has 0 spiro atoms. The first-order valence-corrected chi connectivity index (χ1v) is 7.19. The van der Waals surface area contributed by atoms with Gasteiger partial charge in [0.25, 0.3) is 0 Å². The van der Waals surface area contributed by atoms with Crippen molar-refractivity contribution in [2.75, 3.05) is 7.05 Å². The predicted octanol–water partition coefficient (Wildman–Crippen LogP) is 3.40. The van der Waals surface area contributed by atoms with Crippen LogP contribution in [-0.4, -0.2) is 16.9 Å². The van der Waals surface area contributed by atoms with Crippen molar-refractivity contribution in [1.29, 1.82) is 0 Å². The molecule has 2 N–H and O–H groups in total. The Morgan fingerprint density at radius 1 is 1.19 bits per heavy atom. The molecule has 21 heavy (non-hydrogen) atoms. The van der Waals surface area contributed by atoms with Gasteiger partial charge in [-0.2, -0.15) is 0 Å². The molecule has 2 nitrogen and oxygen atoms in total. The van der Waals surface area contributed by atoms with Crippen molar-refractivity contribution in [3.05, 3.63) is 70.5 Å². The highest BCUT2D eigenvalue weighted by molar-refractivity contribution is 7.80. The average Bonchev–Trinajstić information content (AvgIpc) is 2.40. The van der Waals surface area contributed by atoms with Crippen molar-refractivity contribution in [1.82, 2.24) is 4.90 Å². The van der Waals surface area contributed by atoms with Gasteiger partial charge in [0.15, 0.2) is 0 Å². The van der Waals surface area contributed by atoms with Gasteiger partial charge in [-0.25, -0.2) is 4.39 Å². The van der Waals surface area contributed by atoms with E-state index in [0.29, 0.717) is 11.5 Å². The van der Waals surface area contributed by atoms with Crippen molar-refractivity contribution in [3.8, 4) is 0 Å². The van der Waals surface area contributed by atoms with E-state index >= 15 is 0 Å². The number of rotatable bonds is 5. The number of halogens is 1. The third-order valence-corrected chi connectivity index (χ3v) is 3.64. The van der Waals surface area contributed by atoms with Gasteiger partial charge in [-0.15, -0.1) is 0 Å². The van der Waals surface area contributed by atoms with Crippen LogP contribution in [0.2, 0.25) is 0 Å². The molecule has 4 heteroatoms. The van der Waals surface area contributed by atoms with Crippen LogP contribution >= 0.6 is 12.2 Å². The third kappa shape index (κ3) is 4.34. The highest BCUT2D eigenvalue weighted by Crippen LogP contribution is 2.15. The number of benzene rings is 2. The molecule has 0 aromatic heterocycles. The van der Waals surface area contributed by atoms with Crippen LogP contribution < -0.4 is 5.73 Å². The molecule has 0 amide bonds. The Labute approximate surface area is 130 Å². The van der Waals surface area contributed by atoms with E-state index in [-0.39, 0.29) is 5.82 Å². The van der Waals surface area contributed by atoms with Crippen LogP contribution in [0.4, 0.5) is 4.39 Å². The lowest BCUT2D eigenvalue weighted by Gasteiger charge is -2.18. The maximum atomic E-state index is 13.2. The molecule has 0 unspecified atom stereocenters. The van der Waals surface area contributed by atoms with Gasteiger partial charge in [-0.05, 0) is 48.9 Å². The summed E-state index contributed by atoms with van der Waals surface area (Å²) in [5, 5.41) is 0. The molecule has 0 fully saturated rings. The molecule has 0 aliphatic carbocycles. The zero-order valence-electron chi connectivity index (χ0n) is 12.3. The van der Waals surface area contributed by atoms with Crippen LogP contribution in [0.1, 0.15) is 22.3 Å². The lowest BCUT2D eigenvalue weighted by Crippen LogP contribution is -2.18. The van der Waals surface area contributed by atoms with Crippen LogP contribution in [0.5, 0.6) is 0 Å². The minimum atomic E-state index is -0.196. The molecule has 0 aliphatic rings. The monoisotopic (exact) mass is 302 g/mol. The zero-order chi connectivity index (χ0) is 15.4. The summed E-state index contributed by atoms with van der Waals surface area (Å²) < 4.78 is 13.2. The molecule has 2 rings (SSSR count). The Morgan fingerprint density at radius 2 is 1.95 bits per heavy atom. The standard InChI is InChI=1S/C17H19FN2S/c1-12-8-14(17(19)21)6-7-15(12)11-20(2)10-13-4-3-5-16(18)9-13/h3-9H,10-11H2,1-2H3,(H2,19,21). The highest BCUT2D eigenvalue weighted by atomic mass is 32.1. The van der Waals surface area contributed by atoms with Gasteiger partial charge in [0.2, 0.25) is 0 Å². The second-order valence-electron chi connectivity index (χ2n) is 5.31. The van der Waals surface area contributed by atoms with Gasteiger partial charge in [0.05, 0.1) is 0 Å². The van der Waals surface area contributed by atoms with Crippen LogP contribution in [0, 0.1) is 12.7 Å². The Bertz CT molecular complexity index is 655. The first kappa shape index (κ1) is 15.6. The fourth-order valence-electron chi connectivity index (χ4n) is 2.32. The molecular weight excluding hydrogens is 283 g/mol. The van der Waals surface area contributed by atoms with Crippen LogP contribution in [-0.2, 0) is 13.1 Å². The van der Waals surface area contributed by atoms with E-state index in [2.05, 4.69) is 4.90 Å². The molecule has 0 aliphatic heterocycles. The van der Waals surface area contributed by atoms with Crippen LogP contribution in [0.3, 0.4) is 0 Å². The van der Waals surface area contributed by atoms with Crippen molar-refractivity contribution in [2.45, 2.75) is 20.0 Å². The summed E-state index contributed by atoms with van der Waals surface area (Å²) in [4.78, 5) is 2.56. The molecular formula is C17H19FN2S. The summed E-state index contributed by atoms with van der Waals surface area (Å²) in [5.41, 5.74) is 9.87. The van der Waals surface area contributed by atoms with Gasteiger partial charge in [-0.3, -0.25) is 4.90 Å². The Kier molecular flexibility index (Phi) is 5.04. The second-order valence-corrected chi connectivity index (χ2v) is 5.75. The van der Waals surface area contributed by atoms with E-state index in [9.17, 15) is 4.39 Å². The summed E-state index contributed by atoms with van der Waals surface area (Å²) >= 11 is 4.98. The smallest absolute Gasteiger partial charge is 0.123 e. The molecule has 0 saturated heterocycles. The number of hydrogen-bond acceptors (Lipinski definition) is 2. The zero-order valence-corrected chi connectivity index (χ0v) is 13.1. The van der Waals surface area contributed by atoms with Gasteiger partial charge < -0.3 is 5.73 Å². The van der Waals surface area contributed by atoms with Crippen molar-refractivity contribution < 1.29 is 4.39 Å². The Morgan fingerprint density at radius 3 is 2.57 bits per heavy atom. The maximum Gasteiger partial charge on any atom is 0.123 e. The summed E-state index contributed by atoms with van der Waals surface area (Å²) in [6.07, 6.45) is 0. The quantitative estimate of drug-likeness (QED) is 0.858. The first-order valence-electron chi connectivity index (χ1n) is 6.78. The molecule has 0 bridgehead atoms. The number of aryl methyl sites for hydroxylation is 1. The number of hydrogen-bond donors (Lipinski definition) is 1. The van der Waals surface area contributed by atoms with Crippen LogP contribution in [0.25, 0.3) is 0 Å². The molecule has 0 heterocycles. The highest BCUT2D eigenvalue weighted by Gasteiger charge is 2.06. The number of thiocarbonyl (C=S) groups is 1. The Hall–Kier alpha value is -1.78. The average molecular weight is 302 g/mol. The van der Waals surface area contributed by atoms with E-state index < -0.39 is 0 Å². The van der Waals surface area contributed by atoms with E-state index in [4.69, 9.17) is 18.0 Å². The summed E-state index contributed by atoms with van der Waals surface area (Å²) in [5.74, 6) is -0.196. The third-order valence-electron chi connectivity index (χ3n) is 3.41. The maximum absolute atomic E-state index is 13.2. The van der Waals surface area contributed by atoms with E-state index in [1.807, 2.05) is 38.2 Å². The van der Waals surface area contributed by atoms with E-state index in [1.165, 1.54) is 11.6 Å². The molecule has 110 valence electrons. The van der Waals surface area contributed by atoms with Gasteiger partial charge in [-0.1, -0.05) is 36.5 Å². The summed E-state index contributed by atoms with van der Waals surface area (Å²) in [6, 6.07) is 12.7. The second kappa shape index (κ2) is 6.78. The lowest BCUT2D eigenvalue weighted by molar-refractivity contribution is 0.318. The molecule has 2 aromatic carbocycles. The van der Waals surface area contributed by atoms with Crippen molar-refractivity contribution in [2.24, 2.45) is 5.73 Å². The first-order chi connectivity index (χ1) is 9.95. The Balaban J connectivity index is 2.06. The SMILES string of the molecule is Cc1cc(C(N)=S)ccc1CN(C)Cc1cccc(F)c1.